The lowest BCUT2D eigenvalue weighted by molar-refractivity contribution is 0.591. The third-order valence-corrected chi connectivity index (χ3v) is 16.2. The molecule has 0 amide bonds. The molecule has 15 rings (SSSR count). The van der Waals surface area contributed by atoms with Crippen LogP contribution in [0.1, 0.15) is 26.3 Å². The second kappa shape index (κ2) is 18.8. The lowest BCUT2D eigenvalue weighted by Gasteiger charge is -2.44. The number of hydrogen-bond donors (Lipinski definition) is 0. The Morgan fingerprint density at radius 1 is 0.325 bits per heavy atom. The Balaban J connectivity index is 0.945. The summed E-state index contributed by atoms with van der Waals surface area (Å²) in [5.41, 5.74) is 22.6. The van der Waals surface area contributed by atoms with E-state index < -0.39 is 0 Å². The van der Waals surface area contributed by atoms with Crippen molar-refractivity contribution in [3.8, 4) is 62.1 Å². The predicted molar refractivity (Wildman–Crippen MR) is 334 cm³/mol. The van der Waals surface area contributed by atoms with Crippen molar-refractivity contribution in [3.63, 3.8) is 0 Å². The maximum absolute atomic E-state index is 5.22. The molecule has 7 heteroatoms. The highest BCUT2D eigenvalue weighted by Crippen LogP contribution is 2.47. The van der Waals surface area contributed by atoms with Crippen LogP contribution in [0, 0.1) is 0 Å². The van der Waals surface area contributed by atoms with Gasteiger partial charge in [-0.15, -0.1) is 0 Å². The van der Waals surface area contributed by atoms with E-state index in [0.717, 1.165) is 67.0 Å². The third-order valence-electron chi connectivity index (χ3n) is 16.2. The average Bonchev–Trinajstić information content (AvgIpc) is 3.35. The van der Waals surface area contributed by atoms with Crippen LogP contribution in [0.25, 0.3) is 83.9 Å². The van der Waals surface area contributed by atoms with Gasteiger partial charge in [-0.25, -0.2) is 15.0 Å². The molecule has 0 spiro atoms. The molecule has 378 valence electrons. The van der Waals surface area contributed by atoms with Crippen molar-refractivity contribution in [2.75, 3.05) is 9.80 Å². The number of fused-ring (bicyclic) bond motifs is 7. The van der Waals surface area contributed by atoms with Crippen LogP contribution in [0.4, 0.5) is 34.1 Å². The van der Waals surface area contributed by atoms with Crippen LogP contribution in [-0.2, 0) is 5.41 Å². The summed E-state index contributed by atoms with van der Waals surface area (Å²) in [6.45, 7) is 6.89. The minimum absolute atomic E-state index is 0.0141. The first-order valence-electron chi connectivity index (χ1n) is 27.5. The van der Waals surface area contributed by atoms with Crippen molar-refractivity contribution in [2.45, 2.75) is 26.2 Å². The number of aromatic nitrogens is 4. The normalized spacial score (nSPS) is 12.6. The van der Waals surface area contributed by atoms with Gasteiger partial charge in [-0.2, -0.15) is 0 Å². The maximum atomic E-state index is 5.22. The highest BCUT2D eigenvalue weighted by molar-refractivity contribution is 7.00. The van der Waals surface area contributed by atoms with E-state index >= 15 is 0 Å². The summed E-state index contributed by atoms with van der Waals surface area (Å²) in [7, 11) is 0. The summed E-state index contributed by atoms with van der Waals surface area (Å²) in [6.07, 6.45) is 0. The first kappa shape index (κ1) is 47.1. The molecule has 0 atom stereocenters. The Morgan fingerprint density at radius 3 is 1.35 bits per heavy atom. The molecule has 0 saturated carbocycles. The van der Waals surface area contributed by atoms with E-state index in [1.807, 2.05) is 36.4 Å². The number of rotatable bonds is 8. The van der Waals surface area contributed by atoms with Crippen LogP contribution < -0.4 is 26.2 Å². The predicted octanol–water partition coefficient (Wildman–Crippen LogP) is 16.7. The smallest absolute Gasteiger partial charge is 0.252 e. The number of hydrogen-bond acceptors (Lipinski definition) is 5. The van der Waals surface area contributed by atoms with Crippen LogP contribution in [0.2, 0.25) is 0 Å². The molecular formula is C73H53BN6. The van der Waals surface area contributed by atoms with Crippen molar-refractivity contribution in [1.29, 1.82) is 0 Å². The monoisotopic (exact) mass is 1020 g/mol. The highest BCUT2D eigenvalue weighted by atomic mass is 15.2. The summed E-state index contributed by atoms with van der Waals surface area (Å²) < 4.78 is 2.44. The van der Waals surface area contributed by atoms with Gasteiger partial charge in [0.05, 0.1) is 16.7 Å². The first-order valence-corrected chi connectivity index (χ1v) is 27.5. The fourth-order valence-electron chi connectivity index (χ4n) is 12.4. The highest BCUT2D eigenvalue weighted by Gasteiger charge is 2.43. The molecule has 0 saturated heterocycles. The standard InChI is InChI=1S/C73H53BN6/c1-73(2,3)54-41-43-64-59(47-54)57-30-16-19-33-62(57)80(64)63-42-40-52(72-76-70(50-22-8-4-9-23-50)75-71(77-72)51-24-10-5-11-25-51)44-58(63)49-38-36-48(37-39-49)53-45-67-69-68(46-53)79(56-28-14-7-15-29-56)66-35-21-18-32-61(66)74(69)60-31-17-20-34-65(60)78(67)55-26-12-6-13-27-55/h4-47H,1-3H3. The Bertz CT molecular complexity index is 4340. The van der Waals surface area contributed by atoms with Crippen molar-refractivity contribution >= 4 is 79.0 Å². The third kappa shape index (κ3) is 7.84. The summed E-state index contributed by atoms with van der Waals surface area (Å²) in [6, 6.07) is 96.5. The van der Waals surface area contributed by atoms with Crippen LogP contribution in [0.5, 0.6) is 0 Å². The fraction of sp³-hybridized carbons (Fsp3) is 0.0548. The van der Waals surface area contributed by atoms with Crippen molar-refractivity contribution in [2.24, 2.45) is 0 Å². The summed E-state index contributed by atoms with van der Waals surface area (Å²) in [5, 5.41) is 2.45. The van der Waals surface area contributed by atoms with Gasteiger partial charge in [0.25, 0.3) is 6.71 Å². The topological polar surface area (TPSA) is 50.1 Å². The largest absolute Gasteiger partial charge is 0.311 e. The zero-order chi connectivity index (χ0) is 53.5. The van der Waals surface area contributed by atoms with Gasteiger partial charge in [0.2, 0.25) is 0 Å². The maximum Gasteiger partial charge on any atom is 0.252 e. The van der Waals surface area contributed by atoms with E-state index in [4.69, 9.17) is 15.0 Å². The minimum atomic E-state index is -0.0141. The second-order valence-electron chi connectivity index (χ2n) is 22.0. The van der Waals surface area contributed by atoms with Crippen LogP contribution in [-0.4, -0.2) is 26.2 Å². The molecule has 4 heterocycles. The molecule has 80 heavy (non-hydrogen) atoms. The van der Waals surface area contributed by atoms with E-state index in [1.165, 1.54) is 55.5 Å². The van der Waals surface area contributed by atoms with Crippen LogP contribution in [0.15, 0.2) is 267 Å². The first-order chi connectivity index (χ1) is 39.3. The van der Waals surface area contributed by atoms with Crippen LogP contribution >= 0.6 is 0 Å². The average molecular weight is 1030 g/mol. The molecular weight excluding hydrogens is 972 g/mol. The Morgan fingerprint density at radius 2 is 0.787 bits per heavy atom. The lowest BCUT2D eigenvalue weighted by atomic mass is 9.33. The van der Waals surface area contributed by atoms with Gasteiger partial charge in [-0.05, 0) is 129 Å². The summed E-state index contributed by atoms with van der Waals surface area (Å²) in [5.74, 6) is 1.86. The second-order valence-corrected chi connectivity index (χ2v) is 22.0. The molecule has 0 unspecified atom stereocenters. The molecule has 0 fully saturated rings. The SMILES string of the molecule is CC(C)(C)c1ccc2c(c1)c1ccccc1n2-c1ccc(-c2nc(-c3ccccc3)nc(-c3ccccc3)n2)cc1-c1ccc(-c2cc3c4c(c2)N(c2ccccc2)c2ccccc2B4c2ccccc2N3c2ccccc2)cc1. The van der Waals surface area contributed by atoms with E-state index in [1.54, 1.807) is 0 Å². The van der Waals surface area contributed by atoms with Gasteiger partial charge in [0.15, 0.2) is 17.5 Å². The van der Waals surface area contributed by atoms with E-state index in [-0.39, 0.29) is 12.1 Å². The van der Waals surface area contributed by atoms with E-state index in [0.29, 0.717) is 17.5 Å². The fourth-order valence-corrected chi connectivity index (χ4v) is 12.4. The van der Waals surface area contributed by atoms with Gasteiger partial charge in [-0.3, -0.25) is 0 Å². The van der Waals surface area contributed by atoms with Gasteiger partial charge >= 0.3 is 0 Å². The van der Waals surface area contributed by atoms with Crippen LogP contribution in [0.3, 0.4) is 0 Å². The molecule has 2 aromatic heterocycles. The van der Waals surface area contributed by atoms with Gasteiger partial charge in [0, 0.05) is 67.2 Å². The molecule has 2 aliphatic rings. The minimum Gasteiger partial charge on any atom is -0.311 e. The van der Waals surface area contributed by atoms with Crippen molar-refractivity contribution < 1.29 is 0 Å². The lowest BCUT2D eigenvalue weighted by Crippen LogP contribution is -2.61. The Labute approximate surface area is 466 Å². The quantitative estimate of drug-likeness (QED) is 0.142. The number of nitrogens with zero attached hydrogens (tertiary/aromatic N) is 6. The number of anilines is 6. The molecule has 13 aromatic rings. The van der Waals surface area contributed by atoms with Gasteiger partial charge < -0.3 is 14.4 Å². The van der Waals surface area contributed by atoms with Gasteiger partial charge in [0.1, 0.15) is 0 Å². The number of benzene rings is 11. The van der Waals surface area contributed by atoms with E-state index in [9.17, 15) is 0 Å². The molecule has 2 aliphatic heterocycles. The molecule has 11 aromatic carbocycles. The van der Waals surface area contributed by atoms with Crippen molar-refractivity contribution in [1.82, 2.24) is 19.5 Å². The summed E-state index contributed by atoms with van der Waals surface area (Å²) in [4.78, 5) is 20.4. The van der Waals surface area contributed by atoms with Gasteiger partial charge in [-0.1, -0.05) is 203 Å². The molecule has 0 N–H and O–H groups in total. The summed E-state index contributed by atoms with van der Waals surface area (Å²) >= 11 is 0. The molecule has 6 nitrogen and oxygen atoms in total. The molecule has 0 radical (unpaired) electrons. The number of para-hydroxylation sites is 5. The molecule has 0 bridgehead atoms. The Hall–Kier alpha value is -10.1. The zero-order valence-corrected chi connectivity index (χ0v) is 44.7. The van der Waals surface area contributed by atoms with E-state index in [2.05, 4.69) is 266 Å². The van der Waals surface area contributed by atoms with Crippen molar-refractivity contribution in [3.05, 3.63) is 272 Å². The Kier molecular flexibility index (Phi) is 11.1. The molecule has 0 aliphatic carbocycles. The zero-order valence-electron chi connectivity index (χ0n) is 44.7.